The van der Waals surface area contributed by atoms with Crippen LogP contribution in [0.2, 0.25) is 0 Å². The minimum Gasteiger partial charge on any atom is -0.496 e. The lowest BCUT2D eigenvalue weighted by Crippen LogP contribution is -2.19. The van der Waals surface area contributed by atoms with Gasteiger partial charge in [-0.05, 0) is 65.2 Å². The molecular formula is C16H17BrN2O3S. The zero-order valence-corrected chi connectivity index (χ0v) is 15.4. The van der Waals surface area contributed by atoms with Gasteiger partial charge in [-0.15, -0.1) is 0 Å². The predicted molar refractivity (Wildman–Crippen MR) is 94.5 cm³/mol. The average molecular weight is 397 g/mol. The highest BCUT2D eigenvalue weighted by Crippen LogP contribution is 2.24. The maximum atomic E-state index is 12.3. The molecule has 0 unspecified atom stereocenters. The Morgan fingerprint density at radius 1 is 1.17 bits per heavy atom. The van der Waals surface area contributed by atoms with Gasteiger partial charge in [0.05, 0.1) is 22.7 Å². The van der Waals surface area contributed by atoms with Crippen molar-refractivity contribution >= 4 is 32.2 Å². The number of hydrogen-bond acceptors (Lipinski definition) is 4. The number of methoxy groups -OCH3 is 1. The molecule has 23 heavy (non-hydrogen) atoms. The van der Waals surface area contributed by atoms with E-state index >= 15 is 0 Å². The van der Waals surface area contributed by atoms with Crippen molar-refractivity contribution in [1.82, 2.24) is 4.83 Å². The van der Waals surface area contributed by atoms with E-state index in [4.69, 9.17) is 4.74 Å². The predicted octanol–water partition coefficient (Wildman–Crippen LogP) is 3.39. The molecule has 0 amide bonds. The molecule has 0 aromatic heterocycles. The van der Waals surface area contributed by atoms with E-state index in [1.54, 1.807) is 44.4 Å². The zero-order valence-electron chi connectivity index (χ0n) is 13.0. The second kappa shape index (κ2) is 7.14. The van der Waals surface area contributed by atoms with E-state index in [1.165, 1.54) is 6.21 Å². The molecule has 1 N–H and O–H groups in total. The molecule has 0 fully saturated rings. The third-order valence-electron chi connectivity index (χ3n) is 3.18. The standard InChI is InChI=1S/C16H17BrN2O3S/c1-11-4-7-16(12(2)8-11)23(20,21)19-18-10-13-5-6-15(22-3)14(17)9-13/h4-10,19H,1-3H3/b18-10+. The van der Waals surface area contributed by atoms with Crippen LogP contribution in [0.25, 0.3) is 0 Å². The number of ether oxygens (including phenoxy) is 1. The van der Waals surface area contributed by atoms with Gasteiger partial charge in [0.15, 0.2) is 0 Å². The number of nitrogens with zero attached hydrogens (tertiary/aromatic N) is 1. The first-order valence-corrected chi connectivity index (χ1v) is 9.07. The Bertz CT molecular complexity index is 848. The van der Waals surface area contributed by atoms with Crippen LogP contribution in [0.1, 0.15) is 16.7 Å². The van der Waals surface area contributed by atoms with Gasteiger partial charge in [0.1, 0.15) is 5.75 Å². The molecule has 0 atom stereocenters. The number of sulfonamides is 1. The highest BCUT2D eigenvalue weighted by atomic mass is 79.9. The quantitative estimate of drug-likeness (QED) is 0.621. The van der Waals surface area contributed by atoms with Gasteiger partial charge in [0.2, 0.25) is 0 Å². The summed E-state index contributed by atoms with van der Waals surface area (Å²) in [4.78, 5) is 2.45. The van der Waals surface area contributed by atoms with Crippen LogP contribution >= 0.6 is 15.9 Å². The van der Waals surface area contributed by atoms with Crippen molar-refractivity contribution in [2.45, 2.75) is 18.7 Å². The fraction of sp³-hybridized carbons (Fsp3) is 0.188. The summed E-state index contributed by atoms with van der Waals surface area (Å²) in [6.07, 6.45) is 1.44. The van der Waals surface area contributed by atoms with Crippen LogP contribution < -0.4 is 9.57 Å². The van der Waals surface area contributed by atoms with Crippen molar-refractivity contribution in [2.75, 3.05) is 7.11 Å². The molecule has 0 aliphatic carbocycles. The van der Waals surface area contributed by atoms with Gasteiger partial charge in [0.25, 0.3) is 10.0 Å². The zero-order chi connectivity index (χ0) is 17.0. The molecule has 0 heterocycles. The van der Waals surface area contributed by atoms with Crippen LogP contribution in [0.5, 0.6) is 5.75 Å². The lowest BCUT2D eigenvalue weighted by molar-refractivity contribution is 0.412. The van der Waals surface area contributed by atoms with Crippen molar-refractivity contribution in [3.8, 4) is 5.75 Å². The van der Waals surface area contributed by atoms with E-state index in [0.717, 1.165) is 15.6 Å². The molecule has 122 valence electrons. The molecule has 2 aromatic carbocycles. The first kappa shape index (κ1) is 17.5. The lowest BCUT2D eigenvalue weighted by Gasteiger charge is -2.07. The van der Waals surface area contributed by atoms with Crippen LogP contribution in [0.4, 0.5) is 0 Å². The minimum absolute atomic E-state index is 0.219. The summed E-state index contributed by atoms with van der Waals surface area (Å²) < 4.78 is 30.4. The Balaban J connectivity index is 2.17. The van der Waals surface area contributed by atoms with Crippen molar-refractivity contribution in [2.24, 2.45) is 5.10 Å². The van der Waals surface area contributed by atoms with E-state index in [9.17, 15) is 8.42 Å². The summed E-state index contributed by atoms with van der Waals surface area (Å²) in [5.74, 6) is 0.693. The van der Waals surface area contributed by atoms with Gasteiger partial charge in [-0.3, -0.25) is 0 Å². The molecule has 0 saturated carbocycles. The normalized spacial score (nSPS) is 11.7. The fourth-order valence-corrected chi connectivity index (χ4v) is 3.66. The third-order valence-corrected chi connectivity index (χ3v) is 5.18. The number of halogens is 1. The number of nitrogens with one attached hydrogen (secondary N) is 1. The van der Waals surface area contributed by atoms with Gasteiger partial charge < -0.3 is 4.74 Å². The van der Waals surface area contributed by atoms with Crippen LogP contribution in [-0.4, -0.2) is 21.7 Å². The van der Waals surface area contributed by atoms with Gasteiger partial charge in [0, 0.05) is 0 Å². The van der Waals surface area contributed by atoms with Crippen LogP contribution in [0.3, 0.4) is 0 Å². The molecule has 0 aliphatic heterocycles. The SMILES string of the molecule is COc1ccc(/C=N/NS(=O)(=O)c2ccc(C)cc2C)cc1Br. The molecule has 0 bridgehead atoms. The summed E-state index contributed by atoms with van der Waals surface area (Å²) >= 11 is 3.37. The molecule has 0 spiro atoms. The molecule has 2 aromatic rings. The molecular weight excluding hydrogens is 380 g/mol. The largest absolute Gasteiger partial charge is 0.496 e. The Hall–Kier alpha value is -1.86. The maximum absolute atomic E-state index is 12.3. The first-order chi connectivity index (χ1) is 10.8. The fourth-order valence-electron chi connectivity index (χ4n) is 2.08. The number of benzene rings is 2. The molecule has 5 nitrogen and oxygen atoms in total. The highest BCUT2D eigenvalue weighted by Gasteiger charge is 2.15. The number of rotatable bonds is 5. The number of hydrazone groups is 1. The monoisotopic (exact) mass is 396 g/mol. The van der Waals surface area contributed by atoms with Gasteiger partial charge in [-0.2, -0.15) is 13.5 Å². The Kier molecular flexibility index (Phi) is 5.43. The smallest absolute Gasteiger partial charge is 0.276 e. The minimum atomic E-state index is -3.69. The molecule has 7 heteroatoms. The van der Waals surface area contributed by atoms with Gasteiger partial charge in [-0.1, -0.05) is 17.7 Å². The van der Waals surface area contributed by atoms with Crippen molar-refractivity contribution in [3.63, 3.8) is 0 Å². The lowest BCUT2D eigenvalue weighted by atomic mass is 10.2. The van der Waals surface area contributed by atoms with Gasteiger partial charge >= 0.3 is 0 Å². The van der Waals surface area contributed by atoms with E-state index in [1.807, 2.05) is 13.0 Å². The van der Waals surface area contributed by atoms with E-state index < -0.39 is 10.0 Å². The molecule has 0 aliphatic rings. The first-order valence-electron chi connectivity index (χ1n) is 6.79. The second-order valence-corrected chi connectivity index (χ2v) is 7.50. The molecule has 0 radical (unpaired) electrons. The summed E-state index contributed by atoms with van der Waals surface area (Å²) in [6, 6.07) is 10.5. The highest BCUT2D eigenvalue weighted by molar-refractivity contribution is 9.10. The molecule has 0 saturated heterocycles. The maximum Gasteiger partial charge on any atom is 0.276 e. The Labute approximate surface area is 144 Å². The third kappa shape index (κ3) is 4.33. The summed E-state index contributed by atoms with van der Waals surface area (Å²) in [5.41, 5.74) is 2.42. The van der Waals surface area contributed by atoms with Crippen LogP contribution in [0, 0.1) is 13.8 Å². The van der Waals surface area contributed by atoms with Crippen LogP contribution in [-0.2, 0) is 10.0 Å². The number of aryl methyl sites for hydroxylation is 2. The molecule has 2 rings (SSSR count). The Morgan fingerprint density at radius 2 is 1.91 bits per heavy atom. The van der Waals surface area contributed by atoms with Crippen molar-refractivity contribution < 1.29 is 13.2 Å². The van der Waals surface area contributed by atoms with Gasteiger partial charge in [-0.25, -0.2) is 4.83 Å². The van der Waals surface area contributed by atoms with E-state index in [-0.39, 0.29) is 4.90 Å². The average Bonchev–Trinajstić information content (AvgIpc) is 2.46. The number of hydrogen-bond donors (Lipinski definition) is 1. The van der Waals surface area contributed by atoms with Crippen LogP contribution in [0.15, 0.2) is 50.9 Å². The second-order valence-electron chi connectivity index (χ2n) is 5.02. The van der Waals surface area contributed by atoms with E-state index in [0.29, 0.717) is 11.3 Å². The summed E-state index contributed by atoms with van der Waals surface area (Å²) in [6.45, 7) is 3.67. The summed E-state index contributed by atoms with van der Waals surface area (Å²) in [5, 5.41) is 3.83. The van der Waals surface area contributed by atoms with Crippen molar-refractivity contribution in [1.29, 1.82) is 0 Å². The summed E-state index contributed by atoms with van der Waals surface area (Å²) in [7, 11) is -2.11. The van der Waals surface area contributed by atoms with Crippen molar-refractivity contribution in [3.05, 3.63) is 57.6 Å². The topological polar surface area (TPSA) is 67.8 Å². The van der Waals surface area contributed by atoms with E-state index in [2.05, 4.69) is 25.9 Å². The Morgan fingerprint density at radius 3 is 2.52 bits per heavy atom.